The van der Waals surface area contributed by atoms with Gasteiger partial charge in [-0.05, 0) is 37.5 Å². The van der Waals surface area contributed by atoms with Crippen LogP contribution in [0.5, 0.6) is 5.75 Å². The van der Waals surface area contributed by atoms with Crippen molar-refractivity contribution in [2.45, 2.75) is 32.4 Å². The number of ether oxygens (including phenoxy) is 2. The van der Waals surface area contributed by atoms with Gasteiger partial charge >= 0.3 is 0 Å². The summed E-state index contributed by atoms with van der Waals surface area (Å²) in [6, 6.07) is 7.48. The fourth-order valence-corrected chi connectivity index (χ4v) is 2.42. The maximum absolute atomic E-state index is 10.8. The van der Waals surface area contributed by atoms with Gasteiger partial charge in [0, 0.05) is 19.7 Å². The van der Waals surface area contributed by atoms with Crippen molar-refractivity contribution in [3.63, 3.8) is 0 Å². The zero-order chi connectivity index (χ0) is 17.2. The van der Waals surface area contributed by atoms with Gasteiger partial charge in [-0.2, -0.15) is 0 Å². The van der Waals surface area contributed by atoms with Crippen LogP contribution in [0.4, 0.5) is 0 Å². The van der Waals surface area contributed by atoms with E-state index in [1.54, 1.807) is 6.07 Å². The number of primary amides is 1. The molecule has 1 heterocycles. The summed E-state index contributed by atoms with van der Waals surface area (Å²) >= 11 is 0. The summed E-state index contributed by atoms with van der Waals surface area (Å²) in [6.07, 6.45) is 2.48. The lowest BCUT2D eigenvalue weighted by Gasteiger charge is -2.14. The second kappa shape index (κ2) is 9.77. The lowest BCUT2D eigenvalue weighted by molar-refractivity contribution is -0.119. The summed E-state index contributed by atoms with van der Waals surface area (Å²) in [7, 11) is 0. The van der Waals surface area contributed by atoms with E-state index in [9.17, 15) is 4.79 Å². The van der Waals surface area contributed by atoms with Crippen molar-refractivity contribution in [2.24, 2.45) is 10.7 Å². The Morgan fingerprint density at radius 1 is 1.46 bits per heavy atom. The highest BCUT2D eigenvalue weighted by atomic mass is 16.5. The van der Waals surface area contributed by atoms with Crippen LogP contribution in [-0.4, -0.2) is 44.3 Å². The fourth-order valence-electron chi connectivity index (χ4n) is 2.42. The number of aliphatic imine (C=N–C) groups is 1. The Morgan fingerprint density at radius 2 is 2.33 bits per heavy atom. The van der Waals surface area contributed by atoms with Gasteiger partial charge in [0.25, 0.3) is 5.91 Å². The third-order valence-corrected chi connectivity index (χ3v) is 3.56. The number of hydrogen-bond acceptors (Lipinski definition) is 4. The highest BCUT2D eigenvalue weighted by Crippen LogP contribution is 2.14. The first-order chi connectivity index (χ1) is 11.7. The molecule has 1 aliphatic heterocycles. The van der Waals surface area contributed by atoms with E-state index in [2.05, 4.69) is 15.6 Å². The summed E-state index contributed by atoms with van der Waals surface area (Å²) in [4.78, 5) is 15.3. The van der Waals surface area contributed by atoms with E-state index >= 15 is 0 Å². The minimum atomic E-state index is -0.494. The molecule has 1 fully saturated rings. The number of benzene rings is 1. The first kappa shape index (κ1) is 18.1. The Morgan fingerprint density at radius 3 is 3.04 bits per heavy atom. The predicted molar refractivity (Wildman–Crippen MR) is 92.9 cm³/mol. The smallest absolute Gasteiger partial charge is 0.255 e. The number of nitrogens with one attached hydrogen (secondary N) is 2. The average Bonchev–Trinajstić information content (AvgIpc) is 3.09. The van der Waals surface area contributed by atoms with Crippen molar-refractivity contribution in [3.05, 3.63) is 29.8 Å². The Balaban J connectivity index is 1.89. The van der Waals surface area contributed by atoms with Crippen molar-refractivity contribution in [1.29, 1.82) is 0 Å². The molecule has 132 valence electrons. The van der Waals surface area contributed by atoms with Crippen molar-refractivity contribution < 1.29 is 14.3 Å². The maximum Gasteiger partial charge on any atom is 0.255 e. The summed E-state index contributed by atoms with van der Waals surface area (Å²) < 4.78 is 10.9. The quantitative estimate of drug-likeness (QED) is 0.482. The first-order valence-electron chi connectivity index (χ1n) is 8.31. The number of hydrogen-bond donors (Lipinski definition) is 3. The Hall–Kier alpha value is -2.28. The zero-order valence-electron chi connectivity index (χ0n) is 14.1. The van der Waals surface area contributed by atoms with Crippen LogP contribution in [0.25, 0.3) is 0 Å². The van der Waals surface area contributed by atoms with Crippen LogP contribution in [0.1, 0.15) is 25.3 Å². The maximum atomic E-state index is 10.8. The van der Waals surface area contributed by atoms with Gasteiger partial charge in [0.1, 0.15) is 5.75 Å². The van der Waals surface area contributed by atoms with Gasteiger partial charge in [0.05, 0.1) is 12.6 Å². The number of guanidine groups is 1. The molecular weight excluding hydrogens is 308 g/mol. The van der Waals surface area contributed by atoms with Crippen LogP contribution < -0.4 is 21.1 Å². The van der Waals surface area contributed by atoms with Crippen LogP contribution >= 0.6 is 0 Å². The zero-order valence-corrected chi connectivity index (χ0v) is 14.1. The lowest BCUT2D eigenvalue weighted by Crippen LogP contribution is -2.41. The number of rotatable bonds is 8. The molecule has 1 aliphatic rings. The molecule has 0 radical (unpaired) electrons. The van der Waals surface area contributed by atoms with E-state index in [0.717, 1.165) is 44.1 Å². The predicted octanol–water partition coefficient (Wildman–Crippen LogP) is 0.785. The Kier molecular flexibility index (Phi) is 7.35. The van der Waals surface area contributed by atoms with Gasteiger partial charge in [0.15, 0.2) is 12.6 Å². The molecule has 0 aromatic heterocycles. The van der Waals surface area contributed by atoms with Crippen LogP contribution in [0.2, 0.25) is 0 Å². The van der Waals surface area contributed by atoms with E-state index in [1.807, 2.05) is 25.1 Å². The van der Waals surface area contributed by atoms with Gasteiger partial charge in [-0.1, -0.05) is 12.1 Å². The largest absolute Gasteiger partial charge is 0.484 e. The Labute approximate surface area is 142 Å². The highest BCUT2D eigenvalue weighted by Gasteiger charge is 2.15. The van der Waals surface area contributed by atoms with Gasteiger partial charge < -0.3 is 25.8 Å². The molecule has 0 spiro atoms. The summed E-state index contributed by atoms with van der Waals surface area (Å²) in [5, 5.41) is 6.53. The topological polar surface area (TPSA) is 98.0 Å². The molecule has 1 saturated heterocycles. The second-order valence-corrected chi connectivity index (χ2v) is 5.61. The highest BCUT2D eigenvalue weighted by molar-refractivity contribution is 5.79. The van der Waals surface area contributed by atoms with Gasteiger partial charge in [0.2, 0.25) is 0 Å². The standard InChI is InChI=1S/C17H26N4O3/c1-2-19-17(21-11-15-7-4-8-23-15)20-10-13-5-3-6-14(9-13)24-12-16(18)22/h3,5-6,9,15H,2,4,7-8,10-12H2,1H3,(H2,18,22)(H2,19,20,21). The number of carbonyl (C=O) groups excluding carboxylic acids is 1. The van der Waals surface area contributed by atoms with E-state index < -0.39 is 5.91 Å². The summed E-state index contributed by atoms with van der Waals surface area (Å²) in [5.74, 6) is 0.876. The molecule has 1 aromatic rings. The lowest BCUT2D eigenvalue weighted by atomic mass is 10.2. The van der Waals surface area contributed by atoms with E-state index in [1.165, 1.54) is 0 Å². The third kappa shape index (κ3) is 6.45. The number of nitrogens with zero attached hydrogens (tertiary/aromatic N) is 1. The van der Waals surface area contributed by atoms with Gasteiger partial charge in [-0.25, -0.2) is 4.99 Å². The van der Waals surface area contributed by atoms with Crippen molar-refractivity contribution in [2.75, 3.05) is 26.3 Å². The van der Waals surface area contributed by atoms with E-state index in [0.29, 0.717) is 12.3 Å². The van der Waals surface area contributed by atoms with E-state index in [4.69, 9.17) is 15.2 Å². The van der Waals surface area contributed by atoms with Crippen LogP contribution in [0.3, 0.4) is 0 Å². The molecule has 0 saturated carbocycles. The number of carbonyl (C=O) groups is 1. The molecular formula is C17H26N4O3. The SMILES string of the molecule is CCNC(=NCc1cccc(OCC(N)=O)c1)NCC1CCCO1. The van der Waals surface area contributed by atoms with Crippen LogP contribution in [-0.2, 0) is 16.1 Å². The normalized spacial score (nSPS) is 17.5. The molecule has 0 bridgehead atoms. The fraction of sp³-hybridized carbons (Fsp3) is 0.529. The minimum Gasteiger partial charge on any atom is -0.484 e. The molecule has 1 atom stereocenters. The molecule has 0 aliphatic carbocycles. The third-order valence-electron chi connectivity index (χ3n) is 3.56. The molecule has 1 aromatic carbocycles. The molecule has 7 heteroatoms. The molecule has 2 rings (SSSR count). The van der Waals surface area contributed by atoms with Crippen molar-refractivity contribution in [3.8, 4) is 5.75 Å². The minimum absolute atomic E-state index is 0.127. The molecule has 7 nitrogen and oxygen atoms in total. The van der Waals surface area contributed by atoms with Gasteiger partial charge in [-0.3, -0.25) is 4.79 Å². The number of amides is 1. The second-order valence-electron chi connectivity index (χ2n) is 5.61. The average molecular weight is 334 g/mol. The number of nitrogens with two attached hydrogens (primary N) is 1. The first-order valence-corrected chi connectivity index (χ1v) is 8.31. The summed E-state index contributed by atoms with van der Waals surface area (Å²) in [5.41, 5.74) is 6.07. The molecule has 1 unspecified atom stereocenters. The molecule has 24 heavy (non-hydrogen) atoms. The molecule has 1 amide bonds. The summed E-state index contributed by atoms with van der Waals surface area (Å²) in [6.45, 7) is 4.80. The van der Waals surface area contributed by atoms with E-state index in [-0.39, 0.29) is 12.7 Å². The molecule has 4 N–H and O–H groups in total. The van der Waals surface area contributed by atoms with Crippen molar-refractivity contribution >= 4 is 11.9 Å². The monoisotopic (exact) mass is 334 g/mol. The van der Waals surface area contributed by atoms with Gasteiger partial charge in [-0.15, -0.1) is 0 Å². The Bertz CT molecular complexity index is 557. The van der Waals surface area contributed by atoms with Crippen LogP contribution in [0, 0.1) is 0 Å². The van der Waals surface area contributed by atoms with Crippen molar-refractivity contribution in [1.82, 2.24) is 10.6 Å². The van der Waals surface area contributed by atoms with Crippen LogP contribution in [0.15, 0.2) is 29.3 Å².